The highest BCUT2D eigenvalue weighted by molar-refractivity contribution is 7.91. The highest BCUT2D eigenvalue weighted by atomic mass is 32.2. The molecule has 0 bridgehead atoms. The summed E-state index contributed by atoms with van der Waals surface area (Å²) in [5, 5.41) is 9.24. The van der Waals surface area contributed by atoms with Gasteiger partial charge < -0.3 is 15.6 Å². The van der Waals surface area contributed by atoms with Crippen molar-refractivity contribution in [1.82, 2.24) is 0 Å². The Hall–Kier alpha value is -0.660. The zero-order valence-corrected chi connectivity index (χ0v) is 10.7. The van der Waals surface area contributed by atoms with E-state index in [2.05, 4.69) is 4.74 Å². The number of esters is 1. The Morgan fingerprint density at radius 3 is 2.53 bits per heavy atom. The van der Waals surface area contributed by atoms with Crippen LogP contribution in [0.15, 0.2) is 0 Å². The monoisotopic (exact) mass is 265 g/mol. The highest BCUT2D eigenvalue weighted by Crippen LogP contribution is 2.50. The summed E-state index contributed by atoms with van der Waals surface area (Å²) in [4.78, 5) is 11.1. The summed E-state index contributed by atoms with van der Waals surface area (Å²) >= 11 is 0. The Balaban J connectivity index is 2.55. The molecule has 17 heavy (non-hydrogen) atoms. The van der Waals surface area contributed by atoms with E-state index in [1.807, 2.05) is 0 Å². The van der Waals surface area contributed by atoms with Gasteiger partial charge in [0.1, 0.15) is 0 Å². The lowest BCUT2D eigenvalue weighted by Crippen LogP contribution is -2.32. The van der Waals surface area contributed by atoms with E-state index in [0.29, 0.717) is 12.8 Å². The summed E-state index contributed by atoms with van der Waals surface area (Å²) in [5.74, 6) is -0.810. The summed E-state index contributed by atoms with van der Waals surface area (Å²) in [7, 11) is -2.10. The van der Waals surface area contributed by atoms with E-state index in [-0.39, 0.29) is 24.5 Å². The molecule has 0 saturated heterocycles. The van der Waals surface area contributed by atoms with Crippen LogP contribution in [0, 0.1) is 5.41 Å². The van der Waals surface area contributed by atoms with Crippen molar-refractivity contribution in [3.63, 3.8) is 0 Å². The summed E-state index contributed by atoms with van der Waals surface area (Å²) < 4.78 is 28.1. The molecular weight excluding hydrogens is 246 g/mol. The van der Waals surface area contributed by atoms with Crippen LogP contribution < -0.4 is 5.73 Å². The molecule has 0 radical (unpaired) electrons. The van der Waals surface area contributed by atoms with Crippen molar-refractivity contribution >= 4 is 15.8 Å². The molecule has 1 atom stereocenters. The summed E-state index contributed by atoms with van der Waals surface area (Å²) in [6.07, 6.45) is 0.510. The van der Waals surface area contributed by atoms with Gasteiger partial charge in [-0.2, -0.15) is 0 Å². The van der Waals surface area contributed by atoms with Crippen LogP contribution in [0.1, 0.15) is 19.3 Å². The van der Waals surface area contributed by atoms with Crippen LogP contribution in [0.25, 0.3) is 0 Å². The number of aliphatic hydroxyl groups excluding tert-OH is 1. The van der Waals surface area contributed by atoms with Crippen molar-refractivity contribution < 1.29 is 23.1 Å². The zero-order valence-electron chi connectivity index (χ0n) is 9.89. The third-order valence-corrected chi connectivity index (χ3v) is 4.89. The topological polar surface area (TPSA) is 107 Å². The fourth-order valence-electron chi connectivity index (χ4n) is 1.81. The lowest BCUT2D eigenvalue weighted by atomic mass is 10.1. The first-order valence-corrected chi connectivity index (χ1v) is 7.30. The van der Waals surface area contributed by atoms with Gasteiger partial charge in [-0.05, 0) is 18.3 Å². The van der Waals surface area contributed by atoms with E-state index in [1.165, 1.54) is 7.11 Å². The van der Waals surface area contributed by atoms with Gasteiger partial charge >= 0.3 is 5.97 Å². The summed E-state index contributed by atoms with van der Waals surface area (Å²) in [6, 6.07) is 0. The van der Waals surface area contributed by atoms with Gasteiger partial charge in [0.2, 0.25) is 0 Å². The second kappa shape index (κ2) is 5.32. The number of hydrogen-bond donors (Lipinski definition) is 2. The Morgan fingerprint density at radius 2 is 2.12 bits per heavy atom. The Bertz CT molecular complexity index is 374. The average molecular weight is 265 g/mol. The number of carbonyl (C=O) groups is 1. The molecule has 1 rings (SSSR count). The molecule has 1 fully saturated rings. The number of aliphatic hydroxyl groups is 1. The van der Waals surface area contributed by atoms with Crippen LogP contribution in [-0.2, 0) is 19.4 Å². The number of sulfone groups is 1. The first-order valence-electron chi connectivity index (χ1n) is 5.48. The number of nitrogens with two attached hydrogens (primary N) is 1. The number of hydrogen-bond acceptors (Lipinski definition) is 6. The highest BCUT2D eigenvalue weighted by Gasteiger charge is 2.48. The molecule has 3 N–H and O–H groups in total. The lowest BCUT2D eigenvalue weighted by molar-refractivity contribution is -0.141. The largest absolute Gasteiger partial charge is 0.469 e. The van der Waals surface area contributed by atoms with Gasteiger partial charge in [-0.3, -0.25) is 4.79 Å². The Labute approximate surface area is 101 Å². The summed E-state index contributed by atoms with van der Waals surface area (Å²) in [6.45, 7) is -0.0801. The van der Waals surface area contributed by atoms with E-state index in [4.69, 9.17) is 5.73 Å². The van der Waals surface area contributed by atoms with Crippen molar-refractivity contribution in [1.29, 1.82) is 0 Å². The molecule has 0 aliphatic heterocycles. The zero-order chi connectivity index (χ0) is 13.1. The number of methoxy groups -OCH3 is 1. The lowest BCUT2D eigenvalue weighted by Gasteiger charge is -2.15. The van der Waals surface area contributed by atoms with Gasteiger partial charge in [0, 0.05) is 6.54 Å². The second-order valence-corrected chi connectivity index (χ2v) is 6.81. The minimum Gasteiger partial charge on any atom is -0.469 e. The predicted molar refractivity (Wildman–Crippen MR) is 62.0 cm³/mol. The predicted octanol–water partition coefficient (Wildman–Crippen LogP) is -0.936. The van der Waals surface area contributed by atoms with Gasteiger partial charge in [-0.15, -0.1) is 0 Å². The molecule has 0 unspecified atom stereocenters. The second-order valence-electron chi connectivity index (χ2n) is 4.70. The van der Waals surface area contributed by atoms with Crippen molar-refractivity contribution in [3.05, 3.63) is 0 Å². The standard InChI is InChI=1S/C10H19NO5S/c1-16-9(13)4-10(2-3-10)7-17(14,15)6-8(12)5-11/h8,12H,2-7,11H2,1H3/t8-/m0/s1. The van der Waals surface area contributed by atoms with Crippen LogP contribution in [-0.4, -0.2) is 50.8 Å². The number of carbonyl (C=O) groups excluding carboxylic acids is 1. The van der Waals surface area contributed by atoms with E-state index in [9.17, 15) is 18.3 Å². The molecule has 6 nitrogen and oxygen atoms in total. The van der Waals surface area contributed by atoms with Crippen molar-refractivity contribution in [3.8, 4) is 0 Å². The van der Waals surface area contributed by atoms with E-state index >= 15 is 0 Å². The molecule has 1 aliphatic rings. The normalized spacial score (nSPS) is 19.7. The Kier molecular flexibility index (Phi) is 4.51. The van der Waals surface area contributed by atoms with Crippen molar-refractivity contribution in [2.24, 2.45) is 11.1 Å². The summed E-state index contributed by atoms with van der Waals surface area (Å²) in [5.41, 5.74) is 4.70. The smallest absolute Gasteiger partial charge is 0.306 e. The Morgan fingerprint density at radius 1 is 1.53 bits per heavy atom. The third-order valence-electron chi connectivity index (χ3n) is 2.95. The van der Waals surface area contributed by atoms with Crippen LogP contribution in [0.3, 0.4) is 0 Å². The van der Waals surface area contributed by atoms with E-state index < -0.39 is 27.3 Å². The minimum absolute atomic E-state index is 0.0772. The van der Waals surface area contributed by atoms with Crippen LogP contribution in [0.5, 0.6) is 0 Å². The van der Waals surface area contributed by atoms with Crippen molar-refractivity contribution in [2.75, 3.05) is 25.2 Å². The van der Waals surface area contributed by atoms with Gasteiger partial charge in [0.25, 0.3) is 0 Å². The third kappa shape index (κ3) is 4.61. The average Bonchev–Trinajstić information content (AvgIpc) is 2.95. The molecule has 0 aromatic rings. The van der Waals surface area contributed by atoms with Gasteiger partial charge in [0.05, 0.1) is 31.1 Å². The van der Waals surface area contributed by atoms with Gasteiger partial charge in [-0.1, -0.05) is 0 Å². The van der Waals surface area contributed by atoms with Crippen molar-refractivity contribution in [2.45, 2.75) is 25.4 Å². The number of ether oxygens (including phenoxy) is 1. The van der Waals surface area contributed by atoms with E-state index in [1.54, 1.807) is 0 Å². The van der Waals surface area contributed by atoms with E-state index in [0.717, 1.165) is 0 Å². The van der Waals surface area contributed by atoms with Crippen LogP contribution in [0.2, 0.25) is 0 Å². The maximum absolute atomic E-state index is 11.8. The molecule has 0 heterocycles. The fourth-order valence-corrected chi connectivity index (χ4v) is 3.98. The quantitative estimate of drug-likeness (QED) is 0.576. The van der Waals surface area contributed by atoms with Gasteiger partial charge in [0.15, 0.2) is 9.84 Å². The first kappa shape index (κ1) is 14.4. The maximum Gasteiger partial charge on any atom is 0.306 e. The number of rotatable bonds is 7. The molecule has 1 aliphatic carbocycles. The fraction of sp³-hybridized carbons (Fsp3) is 0.900. The van der Waals surface area contributed by atoms with Gasteiger partial charge in [-0.25, -0.2) is 8.42 Å². The molecule has 100 valence electrons. The maximum atomic E-state index is 11.8. The molecule has 0 aromatic heterocycles. The first-order chi connectivity index (χ1) is 7.82. The van der Waals surface area contributed by atoms with Crippen LogP contribution >= 0.6 is 0 Å². The molecule has 1 saturated carbocycles. The van der Waals surface area contributed by atoms with Crippen LogP contribution in [0.4, 0.5) is 0 Å². The molecule has 0 amide bonds. The SMILES string of the molecule is COC(=O)CC1(CS(=O)(=O)C[C@@H](O)CN)CC1. The molecule has 0 spiro atoms. The molecular formula is C10H19NO5S. The minimum atomic E-state index is -3.38. The molecule has 0 aromatic carbocycles. The molecule has 7 heteroatoms.